The molecule has 0 heterocycles. The van der Waals surface area contributed by atoms with Crippen molar-refractivity contribution in [1.82, 2.24) is 0 Å². The third-order valence-corrected chi connectivity index (χ3v) is 3.08. The number of halogens is 1. The number of nitro groups is 1. The summed E-state index contributed by atoms with van der Waals surface area (Å²) in [6.07, 6.45) is 2.76. The summed E-state index contributed by atoms with van der Waals surface area (Å²) >= 11 is 5.85. The number of hydrogen-bond donors (Lipinski definition) is 0. The molecule has 0 amide bonds. The molecule has 0 aromatic heterocycles. The maximum absolute atomic E-state index is 10.8. The van der Waals surface area contributed by atoms with Gasteiger partial charge in [-0.15, -0.1) is 0 Å². The lowest BCUT2D eigenvalue weighted by Crippen LogP contribution is -1.99. The summed E-state index contributed by atoms with van der Waals surface area (Å²) in [7, 11) is 0. The van der Waals surface area contributed by atoms with E-state index in [9.17, 15) is 10.1 Å². The van der Waals surface area contributed by atoms with E-state index in [1.807, 2.05) is 0 Å². The zero-order valence-electron chi connectivity index (χ0n) is 9.57. The Labute approximate surface area is 101 Å². The van der Waals surface area contributed by atoms with Crippen LogP contribution >= 0.6 is 11.6 Å². The predicted molar refractivity (Wildman–Crippen MR) is 65.9 cm³/mol. The highest BCUT2D eigenvalue weighted by Gasteiger charge is 2.14. The van der Waals surface area contributed by atoms with Crippen LogP contribution in [0.1, 0.15) is 32.3 Å². The van der Waals surface area contributed by atoms with E-state index in [-0.39, 0.29) is 10.6 Å². The molecule has 1 unspecified atom stereocenters. The van der Waals surface area contributed by atoms with Crippen LogP contribution < -0.4 is 0 Å². The Bertz CT molecular complexity index is 379. The van der Waals surface area contributed by atoms with Gasteiger partial charge in [0.25, 0.3) is 5.69 Å². The Morgan fingerprint density at radius 1 is 1.50 bits per heavy atom. The van der Waals surface area contributed by atoms with Crippen molar-refractivity contribution >= 4 is 17.3 Å². The van der Waals surface area contributed by atoms with Crippen molar-refractivity contribution in [2.24, 2.45) is 5.92 Å². The third-order valence-electron chi connectivity index (χ3n) is 2.84. The molecule has 0 aliphatic heterocycles. The van der Waals surface area contributed by atoms with E-state index in [4.69, 9.17) is 11.6 Å². The number of nitrogens with zero attached hydrogens (tertiary/aromatic N) is 1. The van der Waals surface area contributed by atoms with Gasteiger partial charge in [-0.2, -0.15) is 0 Å². The van der Waals surface area contributed by atoms with E-state index in [2.05, 4.69) is 13.8 Å². The van der Waals surface area contributed by atoms with Crippen molar-refractivity contribution < 1.29 is 4.92 Å². The molecule has 1 aromatic rings. The van der Waals surface area contributed by atoms with Gasteiger partial charge < -0.3 is 0 Å². The minimum Gasteiger partial charge on any atom is -0.258 e. The van der Waals surface area contributed by atoms with Crippen LogP contribution in [-0.2, 0) is 6.42 Å². The van der Waals surface area contributed by atoms with Crippen molar-refractivity contribution in [2.75, 3.05) is 0 Å². The molecule has 0 radical (unpaired) electrons. The van der Waals surface area contributed by atoms with Gasteiger partial charge in [-0.25, -0.2) is 0 Å². The third kappa shape index (κ3) is 3.49. The van der Waals surface area contributed by atoms with Gasteiger partial charge in [0, 0.05) is 16.7 Å². The standard InChI is InChI=1S/C12H16ClNO2/c1-3-9(2)4-5-10-8-11(13)6-7-12(10)14(15)16/h6-9H,3-5H2,1-2H3. The fourth-order valence-corrected chi connectivity index (χ4v) is 1.73. The van der Waals surface area contributed by atoms with Gasteiger partial charge in [0.15, 0.2) is 0 Å². The number of nitro benzene ring substituents is 1. The topological polar surface area (TPSA) is 43.1 Å². The van der Waals surface area contributed by atoms with Gasteiger partial charge in [0.1, 0.15) is 0 Å². The normalized spacial score (nSPS) is 12.4. The molecular formula is C12H16ClNO2. The Hall–Kier alpha value is -1.09. The number of benzene rings is 1. The molecule has 0 spiro atoms. The Kier molecular flexibility index (Phi) is 4.74. The van der Waals surface area contributed by atoms with Crippen molar-refractivity contribution in [1.29, 1.82) is 0 Å². The molecular weight excluding hydrogens is 226 g/mol. The monoisotopic (exact) mass is 241 g/mol. The lowest BCUT2D eigenvalue weighted by Gasteiger charge is -2.08. The largest absolute Gasteiger partial charge is 0.272 e. The predicted octanol–water partition coefficient (Wildman–Crippen LogP) is 4.23. The zero-order valence-corrected chi connectivity index (χ0v) is 10.3. The first-order valence-corrected chi connectivity index (χ1v) is 5.85. The molecule has 4 heteroatoms. The van der Waals surface area contributed by atoms with Gasteiger partial charge in [-0.3, -0.25) is 10.1 Å². The van der Waals surface area contributed by atoms with Crippen LogP contribution in [0.3, 0.4) is 0 Å². The molecule has 0 aliphatic rings. The van der Waals surface area contributed by atoms with E-state index < -0.39 is 0 Å². The quantitative estimate of drug-likeness (QED) is 0.572. The molecule has 0 N–H and O–H groups in total. The highest BCUT2D eigenvalue weighted by atomic mass is 35.5. The second-order valence-electron chi connectivity index (χ2n) is 4.08. The average Bonchev–Trinajstić information content (AvgIpc) is 2.25. The first kappa shape index (κ1) is 13.0. The summed E-state index contributed by atoms with van der Waals surface area (Å²) in [5.41, 5.74) is 0.908. The number of aryl methyl sites for hydroxylation is 1. The summed E-state index contributed by atoms with van der Waals surface area (Å²) in [5.74, 6) is 0.582. The molecule has 16 heavy (non-hydrogen) atoms. The average molecular weight is 242 g/mol. The molecule has 0 fully saturated rings. The van der Waals surface area contributed by atoms with Gasteiger partial charge in [0.2, 0.25) is 0 Å². The summed E-state index contributed by atoms with van der Waals surface area (Å²) in [6, 6.07) is 4.74. The van der Waals surface area contributed by atoms with Crippen molar-refractivity contribution in [3.05, 3.63) is 38.9 Å². The fourth-order valence-electron chi connectivity index (χ4n) is 1.54. The van der Waals surface area contributed by atoms with Gasteiger partial charge in [-0.05, 0) is 30.9 Å². The molecule has 0 bridgehead atoms. The van der Waals surface area contributed by atoms with Crippen LogP contribution in [0, 0.1) is 16.0 Å². The molecule has 0 aliphatic carbocycles. The van der Waals surface area contributed by atoms with E-state index in [0.29, 0.717) is 17.4 Å². The van der Waals surface area contributed by atoms with E-state index in [0.717, 1.165) is 18.4 Å². The van der Waals surface area contributed by atoms with Crippen molar-refractivity contribution in [3.8, 4) is 0 Å². The highest BCUT2D eigenvalue weighted by Crippen LogP contribution is 2.25. The lowest BCUT2D eigenvalue weighted by molar-refractivity contribution is -0.385. The SMILES string of the molecule is CCC(C)CCc1cc(Cl)ccc1[N+](=O)[O-]. The Morgan fingerprint density at radius 2 is 2.19 bits per heavy atom. The van der Waals surface area contributed by atoms with E-state index in [1.54, 1.807) is 12.1 Å². The number of hydrogen-bond acceptors (Lipinski definition) is 2. The lowest BCUT2D eigenvalue weighted by atomic mass is 9.98. The Balaban J connectivity index is 2.84. The van der Waals surface area contributed by atoms with Crippen LogP contribution in [0.2, 0.25) is 5.02 Å². The van der Waals surface area contributed by atoms with E-state index >= 15 is 0 Å². The second kappa shape index (κ2) is 5.85. The van der Waals surface area contributed by atoms with Crippen molar-refractivity contribution in [2.45, 2.75) is 33.1 Å². The first-order chi connectivity index (χ1) is 7.54. The number of rotatable bonds is 5. The van der Waals surface area contributed by atoms with Crippen LogP contribution in [-0.4, -0.2) is 4.92 Å². The molecule has 88 valence electrons. The van der Waals surface area contributed by atoms with Crippen LogP contribution in [0.5, 0.6) is 0 Å². The van der Waals surface area contributed by atoms with Crippen LogP contribution in [0.25, 0.3) is 0 Å². The minimum atomic E-state index is -0.345. The Morgan fingerprint density at radius 3 is 2.75 bits per heavy atom. The summed E-state index contributed by atoms with van der Waals surface area (Å²) < 4.78 is 0. The molecule has 3 nitrogen and oxygen atoms in total. The van der Waals surface area contributed by atoms with Crippen molar-refractivity contribution in [3.63, 3.8) is 0 Å². The maximum Gasteiger partial charge on any atom is 0.272 e. The van der Waals surface area contributed by atoms with Gasteiger partial charge in [-0.1, -0.05) is 31.9 Å². The van der Waals surface area contributed by atoms with Gasteiger partial charge in [0.05, 0.1) is 4.92 Å². The maximum atomic E-state index is 10.8. The molecule has 0 saturated carbocycles. The summed E-state index contributed by atoms with van der Waals surface area (Å²) in [6.45, 7) is 4.27. The zero-order chi connectivity index (χ0) is 12.1. The molecule has 0 saturated heterocycles. The summed E-state index contributed by atoms with van der Waals surface area (Å²) in [5, 5.41) is 11.4. The smallest absolute Gasteiger partial charge is 0.258 e. The minimum absolute atomic E-state index is 0.174. The molecule has 1 aromatic carbocycles. The molecule has 1 atom stereocenters. The first-order valence-electron chi connectivity index (χ1n) is 5.47. The second-order valence-corrected chi connectivity index (χ2v) is 4.52. The highest BCUT2D eigenvalue weighted by molar-refractivity contribution is 6.30. The fraction of sp³-hybridized carbons (Fsp3) is 0.500. The van der Waals surface area contributed by atoms with Crippen LogP contribution in [0.4, 0.5) is 5.69 Å². The summed E-state index contributed by atoms with van der Waals surface area (Å²) in [4.78, 5) is 10.5. The van der Waals surface area contributed by atoms with E-state index in [1.165, 1.54) is 6.07 Å². The molecule has 1 rings (SSSR count). The van der Waals surface area contributed by atoms with Crippen LogP contribution in [0.15, 0.2) is 18.2 Å². The van der Waals surface area contributed by atoms with Gasteiger partial charge >= 0.3 is 0 Å².